The lowest BCUT2D eigenvalue weighted by atomic mass is 9.48. The highest BCUT2D eigenvalue weighted by molar-refractivity contribution is 5.94. The first-order valence-corrected chi connectivity index (χ1v) is 13.5. The first-order valence-electron chi connectivity index (χ1n) is 13.5. The number of phenolic OH excluding ortho intramolecular Hbond substituents is 1. The standard InChI is InChI=1S/C29H30N4O4.ClH/c34-22-8-7-17-13-23-29(36)10-9-20(32-27(35)21-14-30-18-3-1-2-4-19(18)31-21)26-28(29,24(17)25(22)37-26)11-12-33(23)15-16-5-6-16;/h1-4,7-8,14,16,20,23,26,34,36H,5-6,9-13,15H2,(H,32,35);1H/t20-,23?,26+,28+,29-;/m1./s1. The van der Waals surface area contributed by atoms with Crippen molar-refractivity contribution in [3.05, 3.63) is 59.4 Å². The number of hydrogen-bond donors (Lipinski definition) is 3. The van der Waals surface area contributed by atoms with E-state index in [0.717, 1.165) is 48.5 Å². The van der Waals surface area contributed by atoms with Gasteiger partial charge in [-0.3, -0.25) is 14.7 Å². The summed E-state index contributed by atoms with van der Waals surface area (Å²) in [6, 6.07) is 10.9. The van der Waals surface area contributed by atoms with E-state index in [-0.39, 0.29) is 41.8 Å². The molecule has 1 amide bonds. The second-order valence-corrected chi connectivity index (χ2v) is 11.7. The number of aromatic hydroxyl groups is 1. The number of nitrogens with one attached hydrogen (secondary N) is 1. The number of phenols is 1. The van der Waals surface area contributed by atoms with Crippen molar-refractivity contribution in [1.29, 1.82) is 0 Å². The van der Waals surface area contributed by atoms with E-state index in [2.05, 4.69) is 20.2 Å². The number of ether oxygens (including phenoxy) is 1. The average Bonchev–Trinajstić information content (AvgIpc) is 3.65. The van der Waals surface area contributed by atoms with Gasteiger partial charge in [-0.1, -0.05) is 18.2 Å². The maximum Gasteiger partial charge on any atom is 0.271 e. The normalized spacial score (nSPS) is 32.7. The van der Waals surface area contributed by atoms with Crippen molar-refractivity contribution >= 4 is 29.3 Å². The summed E-state index contributed by atoms with van der Waals surface area (Å²) >= 11 is 0. The predicted octanol–water partition coefficient (Wildman–Crippen LogP) is 3.12. The van der Waals surface area contributed by atoms with Crippen LogP contribution in [0.4, 0.5) is 0 Å². The lowest BCUT2D eigenvalue weighted by Crippen LogP contribution is -2.78. The van der Waals surface area contributed by atoms with Crippen LogP contribution in [0.3, 0.4) is 0 Å². The molecule has 2 aromatic carbocycles. The van der Waals surface area contributed by atoms with Gasteiger partial charge in [0, 0.05) is 18.2 Å². The highest BCUT2D eigenvalue weighted by Crippen LogP contribution is 2.65. The maximum absolute atomic E-state index is 13.4. The van der Waals surface area contributed by atoms with Crippen molar-refractivity contribution in [3.8, 4) is 11.5 Å². The molecule has 8 rings (SSSR count). The Labute approximate surface area is 226 Å². The molecule has 1 spiro atoms. The highest BCUT2D eigenvalue weighted by Gasteiger charge is 2.73. The van der Waals surface area contributed by atoms with Gasteiger partial charge in [-0.05, 0) is 74.8 Å². The third-order valence-corrected chi connectivity index (χ3v) is 9.76. The van der Waals surface area contributed by atoms with Crippen LogP contribution in [0.25, 0.3) is 11.0 Å². The maximum atomic E-state index is 13.4. The quantitative estimate of drug-likeness (QED) is 0.472. The van der Waals surface area contributed by atoms with Crippen LogP contribution in [-0.2, 0) is 11.8 Å². The van der Waals surface area contributed by atoms with Crippen molar-refractivity contribution in [1.82, 2.24) is 20.2 Å². The number of carbonyl (C=O) groups is 1. The summed E-state index contributed by atoms with van der Waals surface area (Å²) in [5, 5.41) is 26.5. The van der Waals surface area contributed by atoms with Crippen LogP contribution < -0.4 is 10.1 Å². The topological polar surface area (TPSA) is 108 Å². The van der Waals surface area contributed by atoms with Crippen LogP contribution in [-0.4, -0.2) is 67.9 Å². The molecule has 3 fully saturated rings. The molecule has 9 heteroatoms. The van der Waals surface area contributed by atoms with Gasteiger partial charge < -0.3 is 20.3 Å². The largest absolute Gasteiger partial charge is 0.504 e. The smallest absolute Gasteiger partial charge is 0.271 e. The van der Waals surface area contributed by atoms with E-state index in [1.165, 1.54) is 19.0 Å². The summed E-state index contributed by atoms with van der Waals surface area (Å²) in [5.41, 5.74) is 2.15. The van der Waals surface area contributed by atoms with Crippen molar-refractivity contribution in [2.75, 3.05) is 13.1 Å². The molecule has 1 aromatic heterocycles. The summed E-state index contributed by atoms with van der Waals surface area (Å²) in [6.45, 7) is 1.92. The van der Waals surface area contributed by atoms with Crippen LogP contribution in [0.15, 0.2) is 42.6 Å². The number of amides is 1. The van der Waals surface area contributed by atoms with Gasteiger partial charge in [-0.2, -0.15) is 0 Å². The van der Waals surface area contributed by atoms with Crippen molar-refractivity contribution in [2.24, 2.45) is 5.92 Å². The van der Waals surface area contributed by atoms with Crippen LogP contribution in [0.2, 0.25) is 0 Å². The van der Waals surface area contributed by atoms with Crippen LogP contribution in [0.5, 0.6) is 11.5 Å². The summed E-state index contributed by atoms with van der Waals surface area (Å²) < 4.78 is 6.54. The Morgan fingerprint density at radius 1 is 1.13 bits per heavy atom. The Bertz CT molecular complexity index is 1460. The molecule has 3 aromatic rings. The third kappa shape index (κ3) is 3.14. The number of carbonyl (C=O) groups excluding carboxylic acids is 1. The SMILES string of the molecule is Cl.O=C(N[C@@H]1CC[C@@]2(O)C3Cc4ccc(O)c5c4[C@@]2(CCN3CC2CC2)[C@H]1O5)c1cnc2ccccc2n1. The van der Waals surface area contributed by atoms with Gasteiger partial charge in [-0.15, -0.1) is 12.4 Å². The number of halogens is 1. The van der Waals surface area contributed by atoms with E-state index in [0.29, 0.717) is 24.1 Å². The fourth-order valence-corrected chi connectivity index (χ4v) is 7.94. The zero-order chi connectivity index (χ0) is 24.9. The highest BCUT2D eigenvalue weighted by atomic mass is 35.5. The van der Waals surface area contributed by atoms with Crippen molar-refractivity contribution in [3.63, 3.8) is 0 Å². The van der Waals surface area contributed by atoms with Crippen molar-refractivity contribution in [2.45, 2.75) is 67.7 Å². The molecule has 2 saturated carbocycles. The number of nitrogens with zero attached hydrogens (tertiary/aromatic N) is 3. The Kier molecular flexibility index (Phi) is 5.26. The molecular formula is C29H31ClN4O4. The molecule has 5 atom stereocenters. The molecule has 1 saturated heterocycles. The predicted molar refractivity (Wildman–Crippen MR) is 143 cm³/mol. The second-order valence-electron chi connectivity index (χ2n) is 11.7. The number of para-hydroxylation sites is 2. The zero-order valence-electron chi connectivity index (χ0n) is 21.0. The summed E-state index contributed by atoms with van der Waals surface area (Å²) in [4.78, 5) is 24.8. The molecule has 2 bridgehead atoms. The lowest BCUT2D eigenvalue weighted by molar-refractivity contribution is -0.191. The van der Waals surface area contributed by atoms with E-state index in [1.807, 2.05) is 30.3 Å². The Morgan fingerprint density at radius 2 is 1.95 bits per heavy atom. The van der Waals surface area contributed by atoms with E-state index >= 15 is 0 Å². The minimum Gasteiger partial charge on any atom is -0.504 e. The minimum absolute atomic E-state index is 0. The number of fused-ring (bicyclic) bond motifs is 1. The van der Waals surface area contributed by atoms with Gasteiger partial charge in [0.1, 0.15) is 11.8 Å². The van der Waals surface area contributed by atoms with E-state index < -0.39 is 17.1 Å². The lowest BCUT2D eigenvalue weighted by Gasteiger charge is -2.64. The second kappa shape index (κ2) is 8.28. The number of rotatable bonds is 4. The molecule has 3 N–H and O–H groups in total. The van der Waals surface area contributed by atoms with Gasteiger partial charge in [0.05, 0.1) is 34.3 Å². The number of aliphatic hydroxyl groups is 1. The third-order valence-electron chi connectivity index (χ3n) is 9.76. The molecule has 0 radical (unpaired) electrons. The number of piperidine rings is 1. The van der Waals surface area contributed by atoms with Gasteiger partial charge in [0.15, 0.2) is 11.5 Å². The van der Waals surface area contributed by atoms with Crippen LogP contribution >= 0.6 is 12.4 Å². The average molecular weight is 535 g/mol. The molecule has 198 valence electrons. The number of likely N-dealkylation sites (tertiary alicyclic amines) is 1. The van der Waals surface area contributed by atoms with Crippen LogP contribution in [0, 0.1) is 5.92 Å². The van der Waals surface area contributed by atoms with Crippen molar-refractivity contribution < 1.29 is 19.7 Å². The molecule has 5 aliphatic rings. The van der Waals surface area contributed by atoms with E-state index in [9.17, 15) is 15.0 Å². The molecule has 8 nitrogen and oxygen atoms in total. The fourth-order valence-electron chi connectivity index (χ4n) is 7.94. The number of aromatic nitrogens is 2. The first kappa shape index (κ1) is 24.1. The summed E-state index contributed by atoms with van der Waals surface area (Å²) in [7, 11) is 0. The summed E-state index contributed by atoms with van der Waals surface area (Å²) in [6.07, 6.45) is 6.26. The monoisotopic (exact) mass is 534 g/mol. The Morgan fingerprint density at radius 3 is 2.76 bits per heavy atom. The Balaban J connectivity index is 0.00000242. The number of benzene rings is 2. The van der Waals surface area contributed by atoms with Gasteiger partial charge in [-0.25, -0.2) is 4.98 Å². The van der Waals surface area contributed by atoms with E-state index in [4.69, 9.17) is 4.74 Å². The van der Waals surface area contributed by atoms with Gasteiger partial charge >= 0.3 is 0 Å². The zero-order valence-corrected chi connectivity index (χ0v) is 21.8. The fraction of sp³-hybridized carbons (Fsp3) is 0.483. The molecule has 3 heterocycles. The Hall–Kier alpha value is -2.94. The van der Waals surface area contributed by atoms with Gasteiger partial charge in [0.25, 0.3) is 5.91 Å². The van der Waals surface area contributed by atoms with Crippen LogP contribution in [0.1, 0.15) is 53.7 Å². The minimum atomic E-state index is -0.971. The van der Waals surface area contributed by atoms with E-state index in [1.54, 1.807) is 6.07 Å². The molecule has 1 unspecified atom stereocenters. The summed E-state index contributed by atoms with van der Waals surface area (Å²) in [5.74, 6) is 1.03. The number of hydrogen-bond acceptors (Lipinski definition) is 7. The molecular weight excluding hydrogens is 504 g/mol. The molecule has 3 aliphatic carbocycles. The first-order chi connectivity index (χ1) is 18.0. The van der Waals surface area contributed by atoms with Gasteiger partial charge in [0.2, 0.25) is 0 Å². The molecule has 2 aliphatic heterocycles. The molecule has 38 heavy (non-hydrogen) atoms.